The summed E-state index contributed by atoms with van der Waals surface area (Å²) in [5.41, 5.74) is 1.57. The predicted octanol–water partition coefficient (Wildman–Crippen LogP) is 3.96. The number of alkyl halides is 2. The average Bonchev–Trinajstić information content (AvgIpc) is 2.65. The van der Waals surface area contributed by atoms with Gasteiger partial charge in [-0.3, -0.25) is 0 Å². The van der Waals surface area contributed by atoms with Crippen molar-refractivity contribution < 1.29 is 18.3 Å². The molecule has 1 heterocycles. The summed E-state index contributed by atoms with van der Waals surface area (Å²) >= 11 is 0. The van der Waals surface area contributed by atoms with Crippen LogP contribution in [0.1, 0.15) is 25.0 Å². The Morgan fingerprint density at radius 1 is 1.18 bits per heavy atom. The monoisotopic (exact) mass is 506 g/mol. The van der Waals surface area contributed by atoms with Crippen molar-refractivity contribution in [2.45, 2.75) is 33.5 Å². The number of nitrogens with one attached hydrogen (secondary N) is 2. The molecule has 0 amide bonds. The minimum Gasteiger partial charge on any atom is -0.478 e. The molecule has 0 atom stereocenters. The second kappa shape index (κ2) is 13.1. The fourth-order valence-corrected chi connectivity index (χ4v) is 2.33. The van der Waals surface area contributed by atoms with E-state index in [-0.39, 0.29) is 29.7 Å². The lowest BCUT2D eigenvalue weighted by Gasteiger charge is -2.14. The van der Waals surface area contributed by atoms with Crippen LogP contribution in [0.15, 0.2) is 47.6 Å². The Morgan fingerprint density at radius 2 is 1.96 bits per heavy atom. The van der Waals surface area contributed by atoms with Crippen molar-refractivity contribution in [3.05, 3.63) is 53.7 Å². The molecule has 2 rings (SSSR count). The molecule has 0 bridgehead atoms. The molecular weight excluding hydrogens is 481 g/mol. The summed E-state index contributed by atoms with van der Waals surface area (Å²) in [6.07, 6.45) is 1.67. The number of halogens is 3. The van der Waals surface area contributed by atoms with Gasteiger partial charge in [-0.2, -0.15) is 8.78 Å². The van der Waals surface area contributed by atoms with Crippen LogP contribution >= 0.6 is 24.0 Å². The lowest BCUT2D eigenvalue weighted by atomic mass is 10.2. The Balaban J connectivity index is 0.00000392. The van der Waals surface area contributed by atoms with E-state index in [0.29, 0.717) is 43.6 Å². The van der Waals surface area contributed by atoms with Crippen molar-refractivity contribution in [3.63, 3.8) is 0 Å². The van der Waals surface area contributed by atoms with Gasteiger partial charge in [0.15, 0.2) is 5.96 Å². The first-order chi connectivity index (χ1) is 13.1. The van der Waals surface area contributed by atoms with Crippen molar-refractivity contribution in [1.29, 1.82) is 0 Å². The molecule has 0 saturated heterocycles. The normalized spacial score (nSPS) is 11.0. The summed E-state index contributed by atoms with van der Waals surface area (Å²) < 4.78 is 35.0. The largest absolute Gasteiger partial charge is 0.478 e. The van der Waals surface area contributed by atoms with E-state index in [0.717, 1.165) is 5.56 Å². The van der Waals surface area contributed by atoms with Crippen LogP contribution in [0.3, 0.4) is 0 Å². The van der Waals surface area contributed by atoms with Crippen LogP contribution in [-0.2, 0) is 13.1 Å². The van der Waals surface area contributed by atoms with E-state index in [9.17, 15) is 8.78 Å². The SMILES string of the molecule is CCNC(=NCc1ccnc(OCC)c1)NCc1ccccc1OC(F)F.I. The van der Waals surface area contributed by atoms with Crippen molar-refractivity contribution >= 4 is 29.9 Å². The number of ether oxygens (including phenoxy) is 2. The van der Waals surface area contributed by atoms with Crippen LogP contribution in [0.25, 0.3) is 0 Å². The standard InChI is InChI=1S/C19H24F2N4O2.HI/c1-3-22-19(24-12-14-9-10-23-17(11-14)26-4-2)25-13-15-7-5-6-8-16(15)27-18(20)21;/h5-11,18H,3-4,12-13H2,1-2H3,(H2,22,24,25);1H. The van der Waals surface area contributed by atoms with Gasteiger partial charge in [0, 0.05) is 30.9 Å². The highest BCUT2D eigenvalue weighted by Crippen LogP contribution is 2.20. The number of para-hydroxylation sites is 1. The van der Waals surface area contributed by atoms with E-state index >= 15 is 0 Å². The molecule has 0 radical (unpaired) electrons. The molecule has 154 valence electrons. The molecule has 2 N–H and O–H groups in total. The van der Waals surface area contributed by atoms with Gasteiger partial charge in [0.05, 0.1) is 13.2 Å². The zero-order valence-corrected chi connectivity index (χ0v) is 18.2. The second-order valence-electron chi connectivity index (χ2n) is 5.47. The first-order valence-corrected chi connectivity index (χ1v) is 8.75. The summed E-state index contributed by atoms with van der Waals surface area (Å²) in [6, 6.07) is 10.4. The number of nitrogens with zero attached hydrogens (tertiary/aromatic N) is 2. The maximum Gasteiger partial charge on any atom is 0.387 e. The highest BCUT2D eigenvalue weighted by molar-refractivity contribution is 14.0. The summed E-state index contributed by atoms with van der Waals surface area (Å²) in [5.74, 6) is 1.27. The second-order valence-corrected chi connectivity index (χ2v) is 5.47. The van der Waals surface area contributed by atoms with Gasteiger partial charge in [-0.15, -0.1) is 24.0 Å². The molecule has 2 aromatic rings. The molecule has 9 heteroatoms. The third-order valence-corrected chi connectivity index (χ3v) is 3.49. The Morgan fingerprint density at radius 3 is 2.68 bits per heavy atom. The van der Waals surface area contributed by atoms with Crippen molar-refractivity contribution in [1.82, 2.24) is 15.6 Å². The topological polar surface area (TPSA) is 67.8 Å². The Labute approximate surface area is 180 Å². The molecule has 0 aliphatic heterocycles. The fraction of sp³-hybridized carbons (Fsp3) is 0.368. The van der Waals surface area contributed by atoms with E-state index in [1.165, 1.54) is 6.07 Å². The molecular formula is C19H25F2IN4O2. The first kappa shape index (κ1) is 23.9. The zero-order chi connectivity index (χ0) is 19.5. The van der Waals surface area contributed by atoms with E-state index in [2.05, 4.69) is 25.3 Å². The number of guanidine groups is 1. The predicted molar refractivity (Wildman–Crippen MR) is 116 cm³/mol. The molecule has 1 aromatic carbocycles. The third kappa shape index (κ3) is 8.24. The first-order valence-electron chi connectivity index (χ1n) is 8.75. The van der Waals surface area contributed by atoms with Gasteiger partial charge in [-0.25, -0.2) is 9.98 Å². The number of hydrogen-bond donors (Lipinski definition) is 2. The van der Waals surface area contributed by atoms with Crippen molar-refractivity contribution in [2.24, 2.45) is 4.99 Å². The molecule has 28 heavy (non-hydrogen) atoms. The molecule has 1 aromatic heterocycles. The fourth-order valence-electron chi connectivity index (χ4n) is 2.33. The highest BCUT2D eigenvalue weighted by Gasteiger charge is 2.09. The molecule has 6 nitrogen and oxygen atoms in total. The molecule has 0 aliphatic rings. The Hall–Kier alpha value is -2.17. The molecule has 0 unspecified atom stereocenters. The number of aliphatic imine (C=N–C) groups is 1. The van der Waals surface area contributed by atoms with Gasteiger partial charge in [0.2, 0.25) is 5.88 Å². The van der Waals surface area contributed by atoms with E-state index in [1.54, 1.807) is 24.4 Å². The van der Waals surface area contributed by atoms with Crippen LogP contribution in [-0.4, -0.2) is 30.7 Å². The van der Waals surface area contributed by atoms with Gasteiger partial charge in [-0.05, 0) is 31.5 Å². The smallest absolute Gasteiger partial charge is 0.387 e. The zero-order valence-electron chi connectivity index (χ0n) is 15.8. The maximum absolute atomic E-state index is 12.5. The molecule has 0 saturated carbocycles. The lowest BCUT2D eigenvalue weighted by Crippen LogP contribution is -2.36. The van der Waals surface area contributed by atoms with E-state index < -0.39 is 6.61 Å². The number of benzene rings is 1. The van der Waals surface area contributed by atoms with Gasteiger partial charge < -0.3 is 20.1 Å². The van der Waals surface area contributed by atoms with Crippen LogP contribution < -0.4 is 20.1 Å². The average molecular weight is 506 g/mol. The number of hydrogen-bond acceptors (Lipinski definition) is 4. The lowest BCUT2D eigenvalue weighted by molar-refractivity contribution is -0.0504. The summed E-state index contributed by atoms with van der Waals surface area (Å²) in [4.78, 5) is 8.64. The maximum atomic E-state index is 12.5. The minimum atomic E-state index is -2.86. The van der Waals surface area contributed by atoms with E-state index in [1.807, 2.05) is 26.0 Å². The van der Waals surface area contributed by atoms with Gasteiger partial charge in [0.25, 0.3) is 0 Å². The third-order valence-electron chi connectivity index (χ3n) is 3.49. The Kier molecular flexibility index (Phi) is 11.2. The van der Waals surface area contributed by atoms with E-state index in [4.69, 9.17) is 4.74 Å². The number of pyridine rings is 1. The van der Waals surface area contributed by atoms with Crippen molar-refractivity contribution in [3.8, 4) is 11.6 Å². The van der Waals surface area contributed by atoms with Crippen molar-refractivity contribution in [2.75, 3.05) is 13.2 Å². The summed E-state index contributed by atoms with van der Waals surface area (Å²) in [6.45, 7) is 2.92. The van der Waals surface area contributed by atoms with Crippen LogP contribution in [0.4, 0.5) is 8.78 Å². The van der Waals surface area contributed by atoms with Crippen LogP contribution in [0.2, 0.25) is 0 Å². The molecule has 0 aliphatic carbocycles. The van der Waals surface area contributed by atoms with Gasteiger partial charge >= 0.3 is 6.61 Å². The van der Waals surface area contributed by atoms with Gasteiger partial charge in [0.1, 0.15) is 5.75 Å². The highest BCUT2D eigenvalue weighted by atomic mass is 127. The van der Waals surface area contributed by atoms with Gasteiger partial charge in [-0.1, -0.05) is 18.2 Å². The summed E-state index contributed by atoms with van der Waals surface area (Å²) in [7, 11) is 0. The van der Waals surface area contributed by atoms with Crippen LogP contribution in [0.5, 0.6) is 11.6 Å². The summed E-state index contributed by atoms with van der Waals surface area (Å²) in [5, 5.41) is 6.25. The number of aromatic nitrogens is 1. The molecule has 0 fully saturated rings. The minimum absolute atomic E-state index is 0. The quantitative estimate of drug-likeness (QED) is 0.306. The Bertz CT molecular complexity index is 747. The molecule has 0 spiro atoms. The van der Waals surface area contributed by atoms with Crippen LogP contribution in [0, 0.1) is 0 Å². The number of rotatable bonds is 9.